The number of rotatable bonds is 2. The van der Waals surface area contributed by atoms with E-state index in [-0.39, 0.29) is 5.78 Å². The van der Waals surface area contributed by atoms with Gasteiger partial charge in [0.15, 0.2) is 5.78 Å². The van der Waals surface area contributed by atoms with Gasteiger partial charge in [0.2, 0.25) is 0 Å². The maximum Gasteiger partial charge on any atom is 0.161 e. The summed E-state index contributed by atoms with van der Waals surface area (Å²) in [6.07, 6.45) is 0. The van der Waals surface area contributed by atoms with Crippen molar-refractivity contribution in [3.63, 3.8) is 0 Å². The third-order valence-electron chi connectivity index (χ3n) is 1.67. The van der Waals surface area contributed by atoms with Crippen LogP contribution in [-0.2, 0) is 0 Å². The molecule has 3 nitrogen and oxygen atoms in total. The Kier molecular flexibility index (Phi) is 2.45. The molecule has 0 aromatic heterocycles. The average Bonchev–Trinajstić information content (AvgIpc) is 2.03. The van der Waals surface area contributed by atoms with Gasteiger partial charge < -0.3 is 0 Å². The minimum absolute atomic E-state index is 0.0634. The Morgan fingerprint density at radius 3 is 2.67 bits per heavy atom. The summed E-state index contributed by atoms with van der Waals surface area (Å²) in [4.78, 5) is 11.0. The van der Waals surface area contributed by atoms with Crippen LogP contribution in [0.2, 0.25) is 0 Å². The number of hydrogen-bond acceptors (Lipinski definition) is 3. The number of benzene rings is 1. The molecule has 0 atom stereocenters. The van der Waals surface area contributed by atoms with E-state index in [4.69, 9.17) is 5.21 Å². The molecule has 2 N–H and O–H groups in total. The lowest BCUT2D eigenvalue weighted by Crippen LogP contribution is -2.00. The van der Waals surface area contributed by atoms with Gasteiger partial charge in [-0.15, -0.1) is 0 Å². The summed E-state index contributed by atoms with van der Waals surface area (Å²) in [7, 11) is 0. The highest BCUT2D eigenvalue weighted by molar-refractivity contribution is 5.99. The molecule has 0 unspecified atom stereocenters. The lowest BCUT2D eigenvalue weighted by molar-refractivity contribution is 0.101. The molecular weight excluding hydrogens is 154 g/mol. The van der Waals surface area contributed by atoms with E-state index in [1.807, 2.05) is 18.5 Å². The minimum Gasteiger partial charge on any atom is -0.294 e. The van der Waals surface area contributed by atoms with Gasteiger partial charge in [-0.3, -0.25) is 15.5 Å². The van der Waals surface area contributed by atoms with E-state index in [0.29, 0.717) is 11.3 Å². The highest BCUT2D eigenvalue weighted by atomic mass is 16.5. The summed E-state index contributed by atoms with van der Waals surface area (Å²) < 4.78 is 0. The number of carbonyl (C=O) groups is 1. The molecule has 0 amide bonds. The van der Waals surface area contributed by atoms with Gasteiger partial charge in [0.1, 0.15) is 0 Å². The van der Waals surface area contributed by atoms with Crippen LogP contribution in [0.15, 0.2) is 18.2 Å². The van der Waals surface area contributed by atoms with Crippen LogP contribution in [0.5, 0.6) is 0 Å². The third kappa shape index (κ3) is 1.62. The fourth-order valence-electron chi connectivity index (χ4n) is 1.06. The summed E-state index contributed by atoms with van der Waals surface area (Å²) >= 11 is 0. The first-order chi connectivity index (χ1) is 5.65. The van der Waals surface area contributed by atoms with Gasteiger partial charge in [-0.25, -0.2) is 0 Å². The summed E-state index contributed by atoms with van der Waals surface area (Å²) in [5.41, 5.74) is 3.96. The Hall–Kier alpha value is -1.35. The molecule has 0 saturated heterocycles. The number of nitrogens with one attached hydrogen (secondary N) is 1. The van der Waals surface area contributed by atoms with E-state index in [1.165, 1.54) is 6.92 Å². The van der Waals surface area contributed by atoms with Crippen LogP contribution >= 0.6 is 0 Å². The highest BCUT2D eigenvalue weighted by Crippen LogP contribution is 2.16. The number of aryl methyl sites for hydroxylation is 1. The maximum atomic E-state index is 11.0. The zero-order valence-electron chi connectivity index (χ0n) is 7.09. The number of hydrogen-bond donors (Lipinski definition) is 2. The molecule has 1 rings (SSSR count). The zero-order chi connectivity index (χ0) is 9.14. The van der Waals surface area contributed by atoms with Crippen molar-refractivity contribution in [2.24, 2.45) is 0 Å². The lowest BCUT2D eigenvalue weighted by Gasteiger charge is -2.05. The van der Waals surface area contributed by atoms with Crippen LogP contribution in [0.3, 0.4) is 0 Å². The van der Waals surface area contributed by atoms with Crippen molar-refractivity contribution in [2.75, 3.05) is 5.48 Å². The normalized spacial score (nSPS) is 9.58. The molecule has 0 saturated carbocycles. The molecule has 1 aromatic rings. The third-order valence-corrected chi connectivity index (χ3v) is 1.67. The molecular formula is C9H11NO2. The first kappa shape index (κ1) is 8.74. The molecule has 0 spiro atoms. The molecule has 12 heavy (non-hydrogen) atoms. The van der Waals surface area contributed by atoms with Gasteiger partial charge in [-0.05, 0) is 31.5 Å². The van der Waals surface area contributed by atoms with Crippen molar-refractivity contribution in [1.29, 1.82) is 0 Å². The Morgan fingerprint density at radius 2 is 2.17 bits per heavy atom. The monoisotopic (exact) mass is 165 g/mol. The maximum absolute atomic E-state index is 11.0. The van der Waals surface area contributed by atoms with E-state index in [9.17, 15) is 4.79 Å². The second-order valence-corrected chi connectivity index (χ2v) is 2.72. The number of Topliss-reactive ketones (excluding diaryl/α,β-unsaturated/α-hetero) is 1. The van der Waals surface area contributed by atoms with Crippen molar-refractivity contribution in [3.8, 4) is 0 Å². The summed E-state index contributed by atoms with van der Waals surface area (Å²) in [6.45, 7) is 3.36. The quantitative estimate of drug-likeness (QED) is 0.520. The van der Waals surface area contributed by atoms with E-state index in [2.05, 4.69) is 0 Å². The predicted octanol–water partition coefficient (Wildman–Crippen LogP) is 2.00. The van der Waals surface area contributed by atoms with Crippen LogP contribution in [0, 0.1) is 6.92 Å². The fourth-order valence-corrected chi connectivity index (χ4v) is 1.06. The lowest BCUT2D eigenvalue weighted by atomic mass is 10.1. The second kappa shape index (κ2) is 3.36. The van der Waals surface area contributed by atoms with E-state index >= 15 is 0 Å². The van der Waals surface area contributed by atoms with E-state index in [1.54, 1.807) is 12.1 Å². The van der Waals surface area contributed by atoms with Crippen LogP contribution < -0.4 is 5.48 Å². The van der Waals surface area contributed by atoms with Crippen LogP contribution in [0.4, 0.5) is 5.69 Å². The second-order valence-electron chi connectivity index (χ2n) is 2.72. The first-order valence-corrected chi connectivity index (χ1v) is 3.67. The fraction of sp³-hybridized carbons (Fsp3) is 0.222. The molecule has 0 radical (unpaired) electrons. The molecule has 0 aliphatic carbocycles. The molecule has 0 fully saturated rings. The molecule has 0 bridgehead atoms. The van der Waals surface area contributed by atoms with Crippen molar-refractivity contribution in [3.05, 3.63) is 29.3 Å². The van der Waals surface area contributed by atoms with Crippen LogP contribution in [-0.4, -0.2) is 11.0 Å². The van der Waals surface area contributed by atoms with Gasteiger partial charge >= 0.3 is 0 Å². The Balaban J connectivity index is 3.20. The topological polar surface area (TPSA) is 49.3 Å². The number of anilines is 1. The molecule has 0 aliphatic rings. The average molecular weight is 165 g/mol. The van der Waals surface area contributed by atoms with Crippen LogP contribution in [0.25, 0.3) is 0 Å². The predicted molar refractivity (Wildman–Crippen MR) is 46.6 cm³/mol. The highest BCUT2D eigenvalue weighted by Gasteiger charge is 2.05. The SMILES string of the molecule is CC(=O)c1ccc(C)cc1NO. The molecule has 0 aliphatic heterocycles. The molecule has 1 aromatic carbocycles. The van der Waals surface area contributed by atoms with Crippen molar-refractivity contribution >= 4 is 11.5 Å². The smallest absolute Gasteiger partial charge is 0.161 e. The van der Waals surface area contributed by atoms with Gasteiger partial charge in [0.25, 0.3) is 0 Å². The Bertz CT molecular complexity index is 307. The Labute approximate surface area is 71.0 Å². The minimum atomic E-state index is -0.0634. The van der Waals surface area contributed by atoms with Gasteiger partial charge in [0.05, 0.1) is 5.69 Å². The van der Waals surface area contributed by atoms with Crippen molar-refractivity contribution in [1.82, 2.24) is 0 Å². The van der Waals surface area contributed by atoms with Gasteiger partial charge in [-0.1, -0.05) is 6.07 Å². The van der Waals surface area contributed by atoms with Crippen LogP contribution in [0.1, 0.15) is 22.8 Å². The van der Waals surface area contributed by atoms with Gasteiger partial charge in [0, 0.05) is 5.56 Å². The van der Waals surface area contributed by atoms with Crippen molar-refractivity contribution in [2.45, 2.75) is 13.8 Å². The van der Waals surface area contributed by atoms with E-state index in [0.717, 1.165) is 5.56 Å². The first-order valence-electron chi connectivity index (χ1n) is 3.67. The molecule has 64 valence electrons. The zero-order valence-corrected chi connectivity index (χ0v) is 7.09. The van der Waals surface area contributed by atoms with E-state index < -0.39 is 0 Å². The number of carbonyl (C=O) groups excluding carboxylic acids is 1. The summed E-state index contributed by atoms with van der Waals surface area (Å²) in [5.74, 6) is -0.0634. The number of ketones is 1. The molecule has 3 heteroatoms. The summed E-state index contributed by atoms with van der Waals surface area (Å²) in [5, 5.41) is 8.69. The Morgan fingerprint density at radius 1 is 1.50 bits per heavy atom. The largest absolute Gasteiger partial charge is 0.294 e. The molecule has 0 heterocycles. The van der Waals surface area contributed by atoms with Gasteiger partial charge in [-0.2, -0.15) is 0 Å². The summed E-state index contributed by atoms with van der Waals surface area (Å²) in [6, 6.07) is 5.24. The standard InChI is InChI=1S/C9H11NO2/c1-6-3-4-8(7(2)11)9(5-6)10-12/h3-5,10,12H,1-2H3. The van der Waals surface area contributed by atoms with Crippen molar-refractivity contribution < 1.29 is 10.0 Å².